The number of aryl methyl sites for hydroxylation is 1. The lowest BCUT2D eigenvalue weighted by molar-refractivity contribution is -0.118. The maximum atomic E-state index is 12.1. The first kappa shape index (κ1) is 17.9. The van der Waals surface area contributed by atoms with E-state index in [4.69, 9.17) is 14.2 Å². The topological polar surface area (TPSA) is 74.6 Å². The highest BCUT2D eigenvalue weighted by Gasteiger charge is 2.21. The molecule has 2 heterocycles. The lowest BCUT2D eigenvalue weighted by Gasteiger charge is -2.26. The molecule has 0 unspecified atom stereocenters. The average molecular weight is 379 g/mol. The summed E-state index contributed by atoms with van der Waals surface area (Å²) in [6, 6.07) is 15.2. The second kappa shape index (κ2) is 8.04. The standard InChI is InChI=1S/C21H21N3O4/c1-15-6-2-3-7-18(15)27-14-21(25)23-16-10-22-24(11-16)12-17-13-26-19-8-4-5-9-20(19)28-17/h2-11,17H,12-14H2,1H3,(H,23,25)/t17-/m1/s1. The van der Waals surface area contributed by atoms with Crippen molar-refractivity contribution in [1.29, 1.82) is 0 Å². The van der Waals surface area contributed by atoms with E-state index in [1.165, 1.54) is 0 Å². The van der Waals surface area contributed by atoms with Gasteiger partial charge < -0.3 is 19.5 Å². The van der Waals surface area contributed by atoms with Crippen LogP contribution in [0.5, 0.6) is 17.2 Å². The molecule has 2 aromatic carbocycles. The van der Waals surface area contributed by atoms with Crippen molar-refractivity contribution in [3.63, 3.8) is 0 Å². The van der Waals surface area contributed by atoms with Crippen LogP contribution < -0.4 is 19.5 Å². The van der Waals surface area contributed by atoms with Crippen molar-refractivity contribution in [3.8, 4) is 17.2 Å². The molecular formula is C21H21N3O4. The minimum Gasteiger partial charge on any atom is -0.486 e. The van der Waals surface area contributed by atoms with Crippen LogP contribution in [0.2, 0.25) is 0 Å². The summed E-state index contributed by atoms with van der Waals surface area (Å²) in [4.78, 5) is 12.1. The fraction of sp³-hybridized carbons (Fsp3) is 0.238. The van der Waals surface area contributed by atoms with Gasteiger partial charge in [0, 0.05) is 6.20 Å². The Morgan fingerprint density at radius 2 is 2.00 bits per heavy atom. The van der Waals surface area contributed by atoms with E-state index in [2.05, 4.69) is 10.4 Å². The molecule has 0 aliphatic carbocycles. The fourth-order valence-corrected chi connectivity index (χ4v) is 2.95. The molecule has 0 spiro atoms. The van der Waals surface area contributed by atoms with E-state index in [1.807, 2.05) is 55.5 Å². The minimum absolute atomic E-state index is 0.0631. The maximum absolute atomic E-state index is 12.1. The van der Waals surface area contributed by atoms with E-state index >= 15 is 0 Å². The average Bonchev–Trinajstić information content (AvgIpc) is 3.14. The van der Waals surface area contributed by atoms with Crippen LogP contribution in [0.1, 0.15) is 5.56 Å². The van der Waals surface area contributed by atoms with Gasteiger partial charge in [-0.1, -0.05) is 30.3 Å². The van der Waals surface area contributed by atoms with Crippen LogP contribution in [0, 0.1) is 6.92 Å². The number of aromatic nitrogens is 2. The van der Waals surface area contributed by atoms with Gasteiger partial charge in [0.25, 0.3) is 5.91 Å². The van der Waals surface area contributed by atoms with E-state index in [9.17, 15) is 4.79 Å². The lowest BCUT2D eigenvalue weighted by atomic mass is 10.2. The maximum Gasteiger partial charge on any atom is 0.262 e. The predicted octanol–water partition coefficient (Wildman–Crippen LogP) is 3.05. The summed E-state index contributed by atoms with van der Waals surface area (Å²) in [7, 11) is 0. The van der Waals surface area contributed by atoms with Crippen LogP contribution in [0.25, 0.3) is 0 Å². The number of para-hydroxylation sites is 3. The minimum atomic E-state index is -0.242. The molecule has 144 valence electrons. The molecule has 0 bridgehead atoms. The molecule has 1 aliphatic heterocycles. The van der Waals surface area contributed by atoms with Crippen molar-refractivity contribution >= 4 is 11.6 Å². The summed E-state index contributed by atoms with van der Waals surface area (Å²) >= 11 is 0. The third-order valence-corrected chi connectivity index (χ3v) is 4.33. The molecule has 28 heavy (non-hydrogen) atoms. The molecule has 4 rings (SSSR count). The highest BCUT2D eigenvalue weighted by molar-refractivity contribution is 5.91. The monoisotopic (exact) mass is 379 g/mol. The Labute approximate surface area is 162 Å². The normalized spacial score (nSPS) is 15.1. The second-order valence-corrected chi connectivity index (χ2v) is 6.55. The van der Waals surface area contributed by atoms with Crippen LogP contribution in [-0.2, 0) is 11.3 Å². The lowest BCUT2D eigenvalue weighted by Crippen LogP contribution is -2.33. The van der Waals surface area contributed by atoms with Gasteiger partial charge in [0.1, 0.15) is 12.4 Å². The van der Waals surface area contributed by atoms with Gasteiger partial charge in [-0.15, -0.1) is 0 Å². The van der Waals surface area contributed by atoms with E-state index in [0.29, 0.717) is 24.6 Å². The summed E-state index contributed by atoms with van der Waals surface area (Å²) in [5.74, 6) is 1.94. The Hall–Kier alpha value is -3.48. The van der Waals surface area contributed by atoms with Gasteiger partial charge in [0.05, 0.1) is 18.4 Å². The molecule has 0 saturated heterocycles. The Morgan fingerprint density at radius 1 is 1.21 bits per heavy atom. The summed E-state index contributed by atoms with van der Waals surface area (Å²) in [5, 5.41) is 7.06. The van der Waals surface area contributed by atoms with Gasteiger partial charge in [-0.2, -0.15) is 5.10 Å². The van der Waals surface area contributed by atoms with E-state index < -0.39 is 0 Å². The highest BCUT2D eigenvalue weighted by atomic mass is 16.6. The van der Waals surface area contributed by atoms with Gasteiger partial charge in [-0.3, -0.25) is 9.48 Å². The van der Waals surface area contributed by atoms with Crippen molar-refractivity contribution in [2.75, 3.05) is 18.5 Å². The number of rotatable bonds is 6. The van der Waals surface area contributed by atoms with Crippen LogP contribution >= 0.6 is 0 Å². The number of hydrogen-bond donors (Lipinski definition) is 1. The number of nitrogens with zero attached hydrogens (tertiary/aromatic N) is 2. The number of fused-ring (bicyclic) bond motifs is 1. The fourth-order valence-electron chi connectivity index (χ4n) is 2.95. The van der Waals surface area contributed by atoms with E-state index in [1.54, 1.807) is 17.1 Å². The molecule has 7 nitrogen and oxygen atoms in total. The molecule has 0 saturated carbocycles. The van der Waals surface area contributed by atoms with Gasteiger partial charge in [0.15, 0.2) is 24.2 Å². The van der Waals surface area contributed by atoms with Crippen molar-refractivity contribution in [1.82, 2.24) is 9.78 Å². The number of anilines is 1. The zero-order chi connectivity index (χ0) is 19.3. The third-order valence-electron chi connectivity index (χ3n) is 4.33. The molecule has 3 aromatic rings. The Morgan fingerprint density at radius 3 is 2.86 bits per heavy atom. The molecule has 1 N–H and O–H groups in total. The van der Waals surface area contributed by atoms with Crippen LogP contribution in [0.15, 0.2) is 60.9 Å². The number of carbonyl (C=O) groups excluding carboxylic acids is 1. The van der Waals surface area contributed by atoms with Crippen molar-refractivity contribution in [2.45, 2.75) is 19.6 Å². The van der Waals surface area contributed by atoms with E-state index in [-0.39, 0.29) is 18.6 Å². The highest BCUT2D eigenvalue weighted by Crippen LogP contribution is 2.31. The Balaban J connectivity index is 1.29. The molecule has 0 radical (unpaired) electrons. The Kier molecular flexibility index (Phi) is 5.14. The molecule has 1 atom stereocenters. The van der Waals surface area contributed by atoms with Crippen LogP contribution in [0.4, 0.5) is 5.69 Å². The quantitative estimate of drug-likeness (QED) is 0.713. The number of nitrogens with one attached hydrogen (secondary N) is 1. The van der Waals surface area contributed by atoms with Gasteiger partial charge in [0.2, 0.25) is 0 Å². The number of hydrogen-bond acceptors (Lipinski definition) is 5. The smallest absolute Gasteiger partial charge is 0.262 e. The van der Waals surface area contributed by atoms with E-state index in [0.717, 1.165) is 17.1 Å². The van der Waals surface area contributed by atoms with Crippen LogP contribution in [-0.4, -0.2) is 35.0 Å². The first-order valence-electron chi connectivity index (χ1n) is 9.06. The second-order valence-electron chi connectivity index (χ2n) is 6.55. The van der Waals surface area contributed by atoms with Gasteiger partial charge in [-0.25, -0.2) is 0 Å². The number of carbonyl (C=O) groups is 1. The first-order chi connectivity index (χ1) is 13.7. The molecular weight excluding hydrogens is 358 g/mol. The summed E-state index contributed by atoms with van der Waals surface area (Å²) in [5.41, 5.74) is 1.59. The number of benzene rings is 2. The van der Waals surface area contributed by atoms with Crippen molar-refractivity contribution in [3.05, 3.63) is 66.5 Å². The number of ether oxygens (including phenoxy) is 3. The van der Waals surface area contributed by atoms with Crippen molar-refractivity contribution < 1.29 is 19.0 Å². The zero-order valence-corrected chi connectivity index (χ0v) is 15.5. The van der Waals surface area contributed by atoms with Crippen molar-refractivity contribution in [2.24, 2.45) is 0 Å². The largest absolute Gasteiger partial charge is 0.486 e. The zero-order valence-electron chi connectivity index (χ0n) is 15.5. The van der Waals surface area contributed by atoms with Gasteiger partial charge in [-0.05, 0) is 30.7 Å². The molecule has 7 heteroatoms. The molecule has 0 fully saturated rings. The summed E-state index contributed by atoms with van der Waals surface area (Å²) in [6.45, 7) is 2.84. The Bertz CT molecular complexity index is 970. The molecule has 1 amide bonds. The first-order valence-corrected chi connectivity index (χ1v) is 9.06. The molecule has 1 aromatic heterocycles. The third kappa shape index (κ3) is 4.25. The summed E-state index contributed by atoms with van der Waals surface area (Å²) < 4.78 is 18.9. The summed E-state index contributed by atoms with van der Waals surface area (Å²) in [6.07, 6.45) is 3.21. The SMILES string of the molecule is Cc1ccccc1OCC(=O)Nc1cnn(C[C@@H]2COc3ccccc3O2)c1. The van der Waals surface area contributed by atoms with Gasteiger partial charge >= 0.3 is 0 Å². The number of amides is 1. The predicted molar refractivity (Wildman–Crippen MR) is 104 cm³/mol. The molecule has 1 aliphatic rings. The van der Waals surface area contributed by atoms with Crippen LogP contribution in [0.3, 0.4) is 0 Å².